The summed E-state index contributed by atoms with van der Waals surface area (Å²) in [6.45, 7) is 4.41. The molecule has 0 unspecified atom stereocenters. The summed E-state index contributed by atoms with van der Waals surface area (Å²) in [6, 6.07) is 11.6. The van der Waals surface area contributed by atoms with Gasteiger partial charge < -0.3 is 22.3 Å². The van der Waals surface area contributed by atoms with Crippen LogP contribution in [0.15, 0.2) is 40.9 Å². The van der Waals surface area contributed by atoms with E-state index in [1.807, 2.05) is 24.3 Å². The number of aromatic nitrogens is 1. The van der Waals surface area contributed by atoms with Crippen LogP contribution in [0.1, 0.15) is 21.5 Å². The Labute approximate surface area is 158 Å². The molecule has 23 heavy (non-hydrogen) atoms. The van der Waals surface area contributed by atoms with E-state index >= 15 is 0 Å². The highest BCUT2D eigenvalue weighted by Crippen LogP contribution is 2.29. The van der Waals surface area contributed by atoms with Gasteiger partial charge in [-0.2, -0.15) is 0 Å². The molecule has 0 aliphatic heterocycles. The van der Waals surface area contributed by atoms with Crippen LogP contribution in [0.5, 0.6) is 0 Å². The lowest BCUT2D eigenvalue weighted by molar-refractivity contribution is -0.0000120. The maximum Gasteiger partial charge on any atom is 0.184 e. The van der Waals surface area contributed by atoms with Crippen molar-refractivity contribution >= 4 is 48.4 Å². The zero-order valence-corrected chi connectivity index (χ0v) is 16.7. The number of fused-ring (bicyclic) bond motifs is 1. The van der Waals surface area contributed by atoms with Gasteiger partial charge in [0.05, 0.1) is 16.8 Å². The molecule has 6 heteroatoms. The molecule has 0 spiro atoms. The molecule has 3 aromatic rings. The molecule has 2 aromatic carbocycles. The molecular formula is C17H15Br2N2OS-. The van der Waals surface area contributed by atoms with Crippen molar-refractivity contribution in [2.45, 2.75) is 13.8 Å². The number of nitrogens with zero attached hydrogens (tertiary/aromatic N) is 1. The minimum Gasteiger partial charge on any atom is -1.00 e. The summed E-state index contributed by atoms with van der Waals surface area (Å²) < 4.78 is 2.11. The van der Waals surface area contributed by atoms with Crippen molar-refractivity contribution in [1.82, 2.24) is 4.98 Å². The van der Waals surface area contributed by atoms with Crippen molar-refractivity contribution in [1.29, 1.82) is 0 Å². The van der Waals surface area contributed by atoms with Crippen molar-refractivity contribution in [3.05, 3.63) is 57.6 Å². The highest BCUT2D eigenvalue weighted by Gasteiger charge is 2.10. The van der Waals surface area contributed by atoms with Crippen molar-refractivity contribution in [3.63, 3.8) is 0 Å². The van der Waals surface area contributed by atoms with E-state index in [1.54, 1.807) is 11.3 Å². The number of thiazole rings is 1. The van der Waals surface area contributed by atoms with Crippen LogP contribution in [0.2, 0.25) is 0 Å². The normalized spacial score (nSPS) is 10.4. The van der Waals surface area contributed by atoms with E-state index in [0.717, 1.165) is 19.8 Å². The number of hydrogen-bond acceptors (Lipinski definition) is 4. The Morgan fingerprint density at radius 3 is 2.57 bits per heavy atom. The van der Waals surface area contributed by atoms with Gasteiger partial charge in [-0.05, 0) is 43.2 Å². The Bertz CT molecular complexity index is 844. The first-order valence-corrected chi connectivity index (χ1v) is 8.55. The number of Topliss-reactive ketones (excluding diaryl/α,β-unsaturated/α-hetero) is 1. The second-order valence-corrected chi connectivity index (χ2v) is 7.10. The molecule has 0 saturated carbocycles. The Morgan fingerprint density at radius 1 is 1.17 bits per heavy atom. The average molecular weight is 455 g/mol. The number of anilines is 1. The summed E-state index contributed by atoms with van der Waals surface area (Å²) in [5.74, 6) is 0.0552. The number of aryl methyl sites for hydroxylation is 2. The van der Waals surface area contributed by atoms with E-state index in [9.17, 15) is 4.79 Å². The fourth-order valence-electron chi connectivity index (χ4n) is 2.20. The monoisotopic (exact) mass is 453 g/mol. The average Bonchev–Trinajstić information content (AvgIpc) is 2.93. The topological polar surface area (TPSA) is 42.0 Å². The molecule has 0 atom stereocenters. The minimum atomic E-state index is 0. The number of benzene rings is 2. The molecule has 0 radical (unpaired) electrons. The van der Waals surface area contributed by atoms with Gasteiger partial charge >= 0.3 is 0 Å². The van der Waals surface area contributed by atoms with Crippen LogP contribution in [-0.4, -0.2) is 17.3 Å². The van der Waals surface area contributed by atoms with E-state index in [4.69, 9.17) is 0 Å². The summed E-state index contributed by atoms with van der Waals surface area (Å²) in [7, 11) is 0. The van der Waals surface area contributed by atoms with Crippen LogP contribution in [-0.2, 0) is 0 Å². The molecule has 1 N–H and O–H groups in total. The molecule has 1 aromatic heterocycles. The van der Waals surface area contributed by atoms with Crippen molar-refractivity contribution in [3.8, 4) is 0 Å². The van der Waals surface area contributed by atoms with Crippen molar-refractivity contribution < 1.29 is 21.8 Å². The highest BCUT2D eigenvalue weighted by molar-refractivity contribution is 9.10. The van der Waals surface area contributed by atoms with Crippen molar-refractivity contribution in [2.75, 3.05) is 11.9 Å². The Kier molecular flexibility index (Phi) is 5.95. The first-order valence-electron chi connectivity index (χ1n) is 6.94. The van der Waals surface area contributed by atoms with E-state index in [0.29, 0.717) is 5.56 Å². The second-order valence-electron chi connectivity index (χ2n) is 5.16. The second kappa shape index (κ2) is 7.55. The minimum absolute atomic E-state index is 0. The molecule has 120 valence electrons. The largest absolute Gasteiger partial charge is 1.00 e. The van der Waals surface area contributed by atoms with Gasteiger partial charge in [-0.1, -0.05) is 45.5 Å². The number of ketones is 1. The maximum absolute atomic E-state index is 12.2. The van der Waals surface area contributed by atoms with E-state index in [1.165, 1.54) is 11.1 Å². The molecular weight excluding hydrogens is 440 g/mol. The van der Waals surface area contributed by atoms with Gasteiger partial charge in [0.2, 0.25) is 0 Å². The van der Waals surface area contributed by atoms with E-state index in [2.05, 4.69) is 52.2 Å². The van der Waals surface area contributed by atoms with Gasteiger partial charge in [-0.25, -0.2) is 4.98 Å². The number of hydrogen-bond donors (Lipinski definition) is 1. The summed E-state index contributed by atoms with van der Waals surface area (Å²) >= 11 is 4.94. The van der Waals surface area contributed by atoms with Gasteiger partial charge in [-0.15, -0.1) is 0 Å². The van der Waals surface area contributed by atoms with Crippen LogP contribution < -0.4 is 22.3 Å². The number of carbonyl (C=O) groups excluding carboxylic acids is 1. The lowest BCUT2D eigenvalue weighted by Crippen LogP contribution is -3.00. The first kappa shape index (κ1) is 18.1. The predicted octanol–water partition coefficient (Wildman–Crippen LogP) is 1.97. The van der Waals surface area contributed by atoms with Crippen LogP contribution in [0.3, 0.4) is 0 Å². The van der Waals surface area contributed by atoms with Crippen molar-refractivity contribution in [2.24, 2.45) is 0 Å². The summed E-state index contributed by atoms with van der Waals surface area (Å²) in [5, 5.41) is 3.93. The fourth-order valence-corrected chi connectivity index (χ4v) is 3.38. The first-order chi connectivity index (χ1) is 10.5. The molecule has 0 fully saturated rings. The lowest BCUT2D eigenvalue weighted by atomic mass is 10.1. The van der Waals surface area contributed by atoms with E-state index in [-0.39, 0.29) is 29.3 Å². The van der Waals surface area contributed by atoms with Gasteiger partial charge in [-0.3, -0.25) is 4.79 Å². The Morgan fingerprint density at radius 2 is 1.87 bits per heavy atom. The zero-order chi connectivity index (χ0) is 15.7. The molecule has 0 aliphatic rings. The Hall–Kier alpha value is -1.24. The molecule has 0 aliphatic carbocycles. The summed E-state index contributed by atoms with van der Waals surface area (Å²) in [5.41, 5.74) is 4.14. The van der Waals surface area contributed by atoms with Crippen LogP contribution in [0.25, 0.3) is 10.2 Å². The molecule has 3 rings (SSSR count). The summed E-state index contributed by atoms with van der Waals surface area (Å²) in [4.78, 5) is 16.8. The molecule has 1 heterocycles. The standard InChI is InChI=1S/C17H15BrN2OS.BrH/c1-10-3-8-15-16(11(10)2)20-17(22-15)19-9-14(21)12-4-6-13(18)7-5-12;/h3-8H,9H2,1-2H3,(H,19,20);1H/p-1. The van der Waals surface area contributed by atoms with Gasteiger partial charge in [0, 0.05) is 10.0 Å². The molecule has 3 nitrogen and oxygen atoms in total. The third-order valence-corrected chi connectivity index (χ3v) is 5.16. The molecule has 0 bridgehead atoms. The third kappa shape index (κ3) is 4.00. The quantitative estimate of drug-likeness (QED) is 0.613. The van der Waals surface area contributed by atoms with Crippen LogP contribution >= 0.6 is 27.3 Å². The number of rotatable bonds is 4. The predicted molar refractivity (Wildman–Crippen MR) is 96.1 cm³/mol. The van der Waals surface area contributed by atoms with E-state index < -0.39 is 0 Å². The van der Waals surface area contributed by atoms with Crippen LogP contribution in [0.4, 0.5) is 5.13 Å². The zero-order valence-electron chi connectivity index (χ0n) is 12.7. The fraction of sp³-hybridized carbons (Fsp3) is 0.176. The maximum atomic E-state index is 12.2. The number of nitrogens with one attached hydrogen (secondary N) is 1. The van der Waals surface area contributed by atoms with Crippen LogP contribution in [0, 0.1) is 13.8 Å². The van der Waals surface area contributed by atoms with Gasteiger partial charge in [0.15, 0.2) is 10.9 Å². The lowest BCUT2D eigenvalue weighted by Gasteiger charge is -2.02. The molecule has 0 saturated heterocycles. The van der Waals surface area contributed by atoms with Gasteiger partial charge in [0.25, 0.3) is 0 Å². The SMILES string of the molecule is Cc1ccc2sc(NCC(=O)c3ccc(Br)cc3)nc2c1C.[Br-]. The van der Waals surface area contributed by atoms with Gasteiger partial charge in [0.1, 0.15) is 0 Å². The highest BCUT2D eigenvalue weighted by atomic mass is 79.9. The third-order valence-electron chi connectivity index (χ3n) is 3.65. The Balaban J connectivity index is 0.00000192. The molecule has 0 amide bonds. The number of carbonyl (C=O) groups is 1. The summed E-state index contributed by atoms with van der Waals surface area (Å²) in [6.07, 6.45) is 0. The smallest absolute Gasteiger partial charge is 0.184 e. The number of halogens is 2.